The first-order valence-corrected chi connectivity index (χ1v) is 7.47. The molecule has 1 saturated carbocycles. The van der Waals surface area contributed by atoms with Crippen molar-refractivity contribution in [3.8, 4) is 0 Å². The average Bonchev–Trinajstić information content (AvgIpc) is 2.90. The lowest BCUT2D eigenvalue weighted by Gasteiger charge is -2.32. The minimum Gasteiger partial charge on any atom is -0.469 e. The number of hydrogen-bond acceptors (Lipinski definition) is 3. The van der Waals surface area contributed by atoms with Gasteiger partial charge in [0.2, 0.25) is 0 Å². The van der Waals surface area contributed by atoms with Gasteiger partial charge < -0.3 is 9.47 Å². The Labute approximate surface area is 121 Å². The first-order valence-electron chi connectivity index (χ1n) is 7.47. The van der Waals surface area contributed by atoms with Gasteiger partial charge in [0.25, 0.3) is 0 Å². The fraction of sp³-hybridized carbons (Fsp3) is 0.588. The molecular weight excluding hydrogens is 252 g/mol. The summed E-state index contributed by atoms with van der Waals surface area (Å²) in [4.78, 5) is 12.3. The number of carbonyl (C=O) groups is 1. The molecule has 0 spiro atoms. The zero-order chi connectivity index (χ0) is 14.4. The van der Waals surface area contributed by atoms with Crippen molar-refractivity contribution >= 4 is 5.97 Å². The molecule has 0 amide bonds. The molecule has 0 aromatic heterocycles. The molecule has 1 aromatic rings. The molecule has 0 saturated heterocycles. The Morgan fingerprint density at radius 2 is 2.10 bits per heavy atom. The molecule has 20 heavy (non-hydrogen) atoms. The van der Waals surface area contributed by atoms with Crippen LogP contribution in [0.2, 0.25) is 0 Å². The fourth-order valence-corrected chi connectivity index (χ4v) is 3.32. The summed E-state index contributed by atoms with van der Waals surface area (Å²) < 4.78 is 10.9. The van der Waals surface area contributed by atoms with Crippen LogP contribution >= 0.6 is 0 Å². The largest absolute Gasteiger partial charge is 0.469 e. The second kappa shape index (κ2) is 6.89. The molecule has 110 valence electrons. The monoisotopic (exact) mass is 276 g/mol. The van der Waals surface area contributed by atoms with Gasteiger partial charge in [0.1, 0.15) is 0 Å². The van der Waals surface area contributed by atoms with Crippen LogP contribution in [0.5, 0.6) is 0 Å². The van der Waals surface area contributed by atoms with Crippen molar-refractivity contribution in [2.24, 2.45) is 5.41 Å². The number of methoxy groups -OCH3 is 1. The summed E-state index contributed by atoms with van der Waals surface area (Å²) in [5.74, 6) is -0.107. The smallest absolute Gasteiger partial charge is 0.314 e. The van der Waals surface area contributed by atoms with Crippen molar-refractivity contribution < 1.29 is 14.3 Å². The normalized spacial score (nSPS) is 25.6. The summed E-state index contributed by atoms with van der Waals surface area (Å²) in [6.45, 7) is 2.63. The SMILES string of the molecule is CCOC1CCCC1(CCc1ccccc1)C(=O)OC. The predicted octanol–water partition coefficient (Wildman–Crippen LogP) is 3.37. The third kappa shape index (κ3) is 3.04. The van der Waals surface area contributed by atoms with E-state index in [0.29, 0.717) is 6.61 Å². The molecule has 0 heterocycles. The van der Waals surface area contributed by atoms with Crippen molar-refractivity contribution in [2.45, 2.75) is 45.1 Å². The van der Waals surface area contributed by atoms with Crippen molar-refractivity contribution in [1.29, 1.82) is 0 Å². The Balaban J connectivity index is 2.13. The van der Waals surface area contributed by atoms with Gasteiger partial charge in [0, 0.05) is 6.61 Å². The molecule has 0 N–H and O–H groups in total. The quantitative estimate of drug-likeness (QED) is 0.747. The van der Waals surface area contributed by atoms with E-state index >= 15 is 0 Å². The minimum absolute atomic E-state index is 0.00339. The Morgan fingerprint density at radius 1 is 1.35 bits per heavy atom. The maximum absolute atomic E-state index is 12.3. The Kier molecular flexibility index (Phi) is 5.18. The van der Waals surface area contributed by atoms with Gasteiger partial charge >= 0.3 is 5.97 Å². The number of ether oxygens (including phenoxy) is 2. The second-order valence-electron chi connectivity index (χ2n) is 5.47. The Hall–Kier alpha value is -1.35. The van der Waals surface area contributed by atoms with Crippen molar-refractivity contribution in [3.05, 3.63) is 35.9 Å². The van der Waals surface area contributed by atoms with Crippen molar-refractivity contribution in [1.82, 2.24) is 0 Å². The minimum atomic E-state index is -0.458. The number of benzene rings is 1. The van der Waals surface area contributed by atoms with E-state index in [2.05, 4.69) is 12.1 Å². The Morgan fingerprint density at radius 3 is 2.75 bits per heavy atom. The lowest BCUT2D eigenvalue weighted by molar-refractivity contribution is -0.161. The van der Waals surface area contributed by atoms with Gasteiger partial charge in [-0.2, -0.15) is 0 Å². The highest BCUT2D eigenvalue weighted by Gasteiger charge is 2.50. The standard InChI is InChI=1S/C17H24O3/c1-3-20-15-10-7-12-17(15,16(18)19-2)13-11-14-8-5-4-6-9-14/h4-6,8-9,15H,3,7,10-13H2,1-2H3. The van der Waals surface area contributed by atoms with Gasteiger partial charge in [-0.25, -0.2) is 0 Å². The average molecular weight is 276 g/mol. The molecule has 0 radical (unpaired) electrons. The molecule has 1 fully saturated rings. The third-order valence-corrected chi connectivity index (χ3v) is 4.37. The molecule has 3 heteroatoms. The summed E-state index contributed by atoms with van der Waals surface area (Å²) in [7, 11) is 1.48. The molecule has 1 aromatic carbocycles. The van der Waals surface area contributed by atoms with Gasteiger partial charge in [-0.1, -0.05) is 30.3 Å². The molecule has 0 bridgehead atoms. The van der Waals surface area contributed by atoms with E-state index in [1.54, 1.807) is 0 Å². The molecule has 2 atom stereocenters. The van der Waals surface area contributed by atoms with Gasteiger partial charge in [0.15, 0.2) is 0 Å². The molecule has 2 rings (SSSR count). The van der Waals surface area contributed by atoms with Crippen molar-refractivity contribution in [3.63, 3.8) is 0 Å². The van der Waals surface area contributed by atoms with Crippen molar-refractivity contribution in [2.75, 3.05) is 13.7 Å². The first kappa shape index (κ1) is 15.0. The lowest BCUT2D eigenvalue weighted by Crippen LogP contribution is -2.41. The van der Waals surface area contributed by atoms with Gasteiger partial charge in [-0.3, -0.25) is 4.79 Å². The van der Waals surface area contributed by atoms with E-state index in [-0.39, 0.29) is 12.1 Å². The van der Waals surface area contributed by atoms with Crippen LogP contribution in [0.15, 0.2) is 30.3 Å². The molecule has 2 unspecified atom stereocenters. The van der Waals surface area contributed by atoms with E-state index in [1.165, 1.54) is 12.7 Å². The summed E-state index contributed by atoms with van der Waals surface area (Å²) in [6.07, 6.45) is 4.56. The number of rotatable bonds is 6. The number of hydrogen-bond donors (Lipinski definition) is 0. The van der Waals surface area contributed by atoms with Gasteiger partial charge in [-0.15, -0.1) is 0 Å². The van der Waals surface area contributed by atoms with E-state index in [9.17, 15) is 4.79 Å². The predicted molar refractivity (Wildman–Crippen MR) is 78.5 cm³/mol. The van der Waals surface area contributed by atoms with Crippen LogP contribution in [0.3, 0.4) is 0 Å². The highest BCUT2D eigenvalue weighted by Crippen LogP contribution is 2.45. The maximum Gasteiger partial charge on any atom is 0.314 e. The topological polar surface area (TPSA) is 35.5 Å². The molecular formula is C17H24O3. The van der Waals surface area contributed by atoms with Gasteiger partial charge in [0.05, 0.1) is 18.6 Å². The number of carbonyl (C=O) groups excluding carboxylic acids is 1. The van der Waals surface area contributed by atoms with E-state index in [1.807, 2.05) is 25.1 Å². The third-order valence-electron chi connectivity index (χ3n) is 4.37. The summed E-state index contributed by atoms with van der Waals surface area (Å²) >= 11 is 0. The van der Waals surface area contributed by atoms with Crippen LogP contribution in [-0.2, 0) is 20.7 Å². The molecule has 1 aliphatic rings. The zero-order valence-corrected chi connectivity index (χ0v) is 12.4. The van der Waals surface area contributed by atoms with Crippen LogP contribution in [0.4, 0.5) is 0 Å². The van der Waals surface area contributed by atoms with Crippen LogP contribution in [0.1, 0.15) is 38.2 Å². The first-order chi connectivity index (χ1) is 9.73. The molecule has 3 nitrogen and oxygen atoms in total. The number of aryl methyl sites for hydroxylation is 1. The molecule has 0 aliphatic heterocycles. The zero-order valence-electron chi connectivity index (χ0n) is 12.4. The fourth-order valence-electron chi connectivity index (χ4n) is 3.32. The maximum atomic E-state index is 12.3. The Bertz CT molecular complexity index is 429. The van der Waals surface area contributed by atoms with Crippen LogP contribution < -0.4 is 0 Å². The second-order valence-corrected chi connectivity index (χ2v) is 5.47. The highest BCUT2D eigenvalue weighted by molar-refractivity contribution is 5.78. The molecule has 1 aliphatic carbocycles. The summed E-state index contributed by atoms with van der Waals surface area (Å²) in [5, 5.41) is 0. The van der Waals surface area contributed by atoms with Crippen LogP contribution in [0.25, 0.3) is 0 Å². The number of esters is 1. The van der Waals surface area contributed by atoms with E-state index in [0.717, 1.165) is 32.1 Å². The highest BCUT2D eigenvalue weighted by atomic mass is 16.5. The summed E-state index contributed by atoms with van der Waals surface area (Å²) in [6, 6.07) is 10.3. The van der Waals surface area contributed by atoms with E-state index in [4.69, 9.17) is 9.47 Å². The summed E-state index contributed by atoms with van der Waals surface area (Å²) in [5.41, 5.74) is 0.804. The van der Waals surface area contributed by atoms with E-state index < -0.39 is 5.41 Å². The van der Waals surface area contributed by atoms with Crippen LogP contribution in [0, 0.1) is 5.41 Å². The lowest BCUT2D eigenvalue weighted by atomic mass is 9.78. The van der Waals surface area contributed by atoms with Crippen LogP contribution in [-0.4, -0.2) is 25.8 Å². The van der Waals surface area contributed by atoms with Gasteiger partial charge in [-0.05, 0) is 44.6 Å².